The Labute approximate surface area is 110 Å². The van der Waals surface area contributed by atoms with Crippen LogP contribution in [-0.2, 0) is 6.42 Å². The maximum atomic E-state index is 13.1. The van der Waals surface area contributed by atoms with Gasteiger partial charge in [0.05, 0.1) is 18.1 Å². The van der Waals surface area contributed by atoms with Gasteiger partial charge in [-0.2, -0.15) is 0 Å². The van der Waals surface area contributed by atoms with E-state index in [0.29, 0.717) is 6.42 Å². The van der Waals surface area contributed by atoms with E-state index in [4.69, 9.17) is 4.74 Å². The van der Waals surface area contributed by atoms with E-state index < -0.39 is 0 Å². The summed E-state index contributed by atoms with van der Waals surface area (Å²) in [5, 5.41) is 0. The molecule has 0 aliphatic rings. The highest BCUT2D eigenvalue weighted by Gasteiger charge is 2.05. The minimum Gasteiger partial charge on any atom is -0.497 e. The quantitative estimate of drug-likeness (QED) is 0.780. The first-order chi connectivity index (χ1) is 9.24. The molecular formula is C15H13FN2O. The molecule has 4 heteroatoms. The van der Waals surface area contributed by atoms with Gasteiger partial charge in [-0.25, -0.2) is 9.37 Å². The highest BCUT2D eigenvalue weighted by Crippen LogP contribution is 2.18. The van der Waals surface area contributed by atoms with Gasteiger partial charge in [0, 0.05) is 6.42 Å². The smallest absolute Gasteiger partial charge is 0.125 e. The second-order valence-electron chi connectivity index (χ2n) is 4.37. The fraction of sp³-hybridized carbons (Fsp3) is 0.133. The molecule has 0 bridgehead atoms. The fourth-order valence-electron chi connectivity index (χ4n) is 2.09. The van der Waals surface area contributed by atoms with E-state index in [0.717, 1.165) is 28.2 Å². The molecule has 0 aliphatic carbocycles. The molecule has 0 atom stereocenters. The normalized spacial score (nSPS) is 10.8. The van der Waals surface area contributed by atoms with Crippen LogP contribution in [0.25, 0.3) is 11.0 Å². The number of methoxy groups -OCH3 is 1. The Balaban J connectivity index is 1.92. The number of nitrogens with one attached hydrogen (secondary N) is 1. The van der Waals surface area contributed by atoms with E-state index >= 15 is 0 Å². The van der Waals surface area contributed by atoms with Crippen LogP contribution in [0.15, 0.2) is 42.5 Å². The van der Waals surface area contributed by atoms with Crippen molar-refractivity contribution in [2.75, 3.05) is 7.11 Å². The highest BCUT2D eigenvalue weighted by molar-refractivity contribution is 5.75. The van der Waals surface area contributed by atoms with E-state index in [2.05, 4.69) is 9.97 Å². The molecule has 19 heavy (non-hydrogen) atoms. The molecule has 0 fully saturated rings. The molecule has 0 saturated heterocycles. The monoisotopic (exact) mass is 256 g/mol. The van der Waals surface area contributed by atoms with Crippen LogP contribution in [0.2, 0.25) is 0 Å². The molecule has 96 valence electrons. The molecule has 3 rings (SSSR count). The van der Waals surface area contributed by atoms with Crippen molar-refractivity contribution in [1.82, 2.24) is 9.97 Å². The van der Waals surface area contributed by atoms with Gasteiger partial charge >= 0.3 is 0 Å². The summed E-state index contributed by atoms with van der Waals surface area (Å²) in [5.41, 5.74) is 2.59. The van der Waals surface area contributed by atoms with Crippen molar-refractivity contribution in [1.29, 1.82) is 0 Å². The third-order valence-corrected chi connectivity index (χ3v) is 3.00. The average Bonchev–Trinajstić information content (AvgIpc) is 2.80. The van der Waals surface area contributed by atoms with Gasteiger partial charge in [-0.1, -0.05) is 12.1 Å². The number of hydrogen-bond acceptors (Lipinski definition) is 2. The van der Waals surface area contributed by atoms with Crippen LogP contribution in [-0.4, -0.2) is 17.1 Å². The molecule has 0 spiro atoms. The van der Waals surface area contributed by atoms with Crippen molar-refractivity contribution in [2.45, 2.75) is 6.42 Å². The molecule has 0 amide bonds. The van der Waals surface area contributed by atoms with Crippen LogP contribution < -0.4 is 4.74 Å². The molecule has 3 nitrogen and oxygen atoms in total. The Morgan fingerprint density at radius 3 is 2.95 bits per heavy atom. The van der Waals surface area contributed by atoms with Crippen molar-refractivity contribution >= 4 is 11.0 Å². The number of aromatic nitrogens is 2. The Hall–Kier alpha value is -2.36. The Kier molecular flexibility index (Phi) is 2.91. The molecule has 1 heterocycles. The molecule has 1 aromatic heterocycles. The minimum absolute atomic E-state index is 0.260. The standard InChI is InChI=1S/C15H13FN2O/c1-19-12-4-2-3-10(7-12)8-15-17-13-6-5-11(16)9-14(13)18-15/h2-7,9H,8H2,1H3,(H,17,18). The number of fused-ring (bicyclic) bond motifs is 1. The first-order valence-electron chi connectivity index (χ1n) is 6.02. The van der Waals surface area contributed by atoms with Gasteiger partial charge in [0.25, 0.3) is 0 Å². The van der Waals surface area contributed by atoms with E-state index in [1.165, 1.54) is 12.1 Å². The molecule has 0 radical (unpaired) electrons. The first-order valence-corrected chi connectivity index (χ1v) is 6.02. The lowest BCUT2D eigenvalue weighted by Gasteiger charge is -2.02. The summed E-state index contributed by atoms with van der Waals surface area (Å²) in [6.45, 7) is 0. The van der Waals surface area contributed by atoms with Crippen molar-refractivity contribution < 1.29 is 9.13 Å². The summed E-state index contributed by atoms with van der Waals surface area (Å²) < 4.78 is 18.3. The predicted octanol–water partition coefficient (Wildman–Crippen LogP) is 3.30. The first kappa shape index (κ1) is 11.7. The van der Waals surface area contributed by atoms with Crippen molar-refractivity contribution in [2.24, 2.45) is 0 Å². The number of hydrogen-bond donors (Lipinski definition) is 1. The fourth-order valence-corrected chi connectivity index (χ4v) is 2.09. The maximum absolute atomic E-state index is 13.1. The van der Waals surface area contributed by atoms with Gasteiger partial charge < -0.3 is 9.72 Å². The van der Waals surface area contributed by atoms with Crippen LogP contribution in [0, 0.1) is 5.82 Å². The van der Waals surface area contributed by atoms with E-state index in [-0.39, 0.29) is 5.82 Å². The van der Waals surface area contributed by atoms with Gasteiger partial charge in [0.15, 0.2) is 0 Å². The zero-order valence-electron chi connectivity index (χ0n) is 10.5. The van der Waals surface area contributed by atoms with Crippen LogP contribution in [0.1, 0.15) is 11.4 Å². The molecule has 0 unspecified atom stereocenters. The van der Waals surface area contributed by atoms with Gasteiger partial charge in [-0.3, -0.25) is 0 Å². The summed E-state index contributed by atoms with van der Waals surface area (Å²) in [6, 6.07) is 12.4. The molecule has 3 aromatic rings. The van der Waals surface area contributed by atoms with Crippen molar-refractivity contribution in [3.05, 3.63) is 59.7 Å². The number of ether oxygens (including phenoxy) is 1. The third kappa shape index (κ3) is 2.42. The van der Waals surface area contributed by atoms with Crippen molar-refractivity contribution in [3.63, 3.8) is 0 Å². The summed E-state index contributed by atoms with van der Waals surface area (Å²) in [7, 11) is 1.64. The van der Waals surface area contributed by atoms with Crippen LogP contribution in [0.3, 0.4) is 0 Å². The predicted molar refractivity (Wildman–Crippen MR) is 71.9 cm³/mol. The number of H-pyrrole nitrogens is 1. The summed E-state index contributed by atoms with van der Waals surface area (Å²) in [6.07, 6.45) is 0.660. The third-order valence-electron chi connectivity index (χ3n) is 3.00. The summed E-state index contributed by atoms with van der Waals surface area (Å²) in [5.74, 6) is 1.37. The minimum atomic E-state index is -0.260. The Morgan fingerprint density at radius 1 is 1.21 bits per heavy atom. The van der Waals surface area contributed by atoms with E-state index in [1.54, 1.807) is 13.2 Å². The number of halogens is 1. The summed E-state index contributed by atoms with van der Waals surface area (Å²) >= 11 is 0. The van der Waals surface area contributed by atoms with Crippen molar-refractivity contribution in [3.8, 4) is 5.75 Å². The number of imidazole rings is 1. The number of aromatic amines is 1. The molecule has 2 aromatic carbocycles. The van der Waals surface area contributed by atoms with Gasteiger partial charge in [0.2, 0.25) is 0 Å². The zero-order valence-corrected chi connectivity index (χ0v) is 10.5. The molecular weight excluding hydrogens is 243 g/mol. The second-order valence-corrected chi connectivity index (χ2v) is 4.37. The number of benzene rings is 2. The second kappa shape index (κ2) is 4.72. The van der Waals surface area contributed by atoms with Crippen LogP contribution in [0.5, 0.6) is 5.75 Å². The van der Waals surface area contributed by atoms with Gasteiger partial charge in [-0.15, -0.1) is 0 Å². The number of nitrogens with zero attached hydrogens (tertiary/aromatic N) is 1. The lowest BCUT2D eigenvalue weighted by atomic mass is 10.1. The van der Waals surface area contributed by atoms with Crippen LogP contribution >= 0.6 is 0 Å². The Bertz CT molecular complexity index is 721. The maximum Gasteiger partial charge on any atom is 0.125 e. The number of rotatable bonds is 3. The van der Waals surface area contributed by atoms with E-state index in [1.807, 2.05) is 24.3 Å². The average molecular weight is 256 g/mol. The van der Waals surface area contributed by atoms with E-state index in [9.17, 15) is 4.39 Å². The van der Waals surface area contributed by atoms with Gasteiger partial charge in [0.1, 0.15) is 17.4 Å². The molecule has 1 N–H and O–H groups in total. The highest BCUT2D eigenvalue weighted by atomic mass is 19.1. The Morgan fingerprint density at radius 2 is 2.11 bits per heavy atom. The topological polar surface area (TPSA) is 37.9 Å². The lowest BCUT2D eigenvalue weighted by Crippen LogP contribution is -1.91. The zero-order chi connectivity index (χ0) is 13.2. The largest absolute Gasteiger partial charge is 0.497 e. The SMILES string of the molecule is COc1cccc(Cc2nc3ccc(F)cc3[nH]2)c1. The lowest BCUT2D eigenvalue weighted by molar-refractivity contribution is 0.414. The summed E-state index contributed by atoms with van der Waals surface area (Å²) in [4.78, 5) is 7.57. The molecule has 0 saturated carbocycles. The van der Waals surface area contributed by atoms with Crippen LogP contribution in [0.4, 0.5) is 4.39 Å². The molecule has 0 aliphatic heterocycles. The van der Waals surface area contributed by atoms with Gasteiger partial charge in [-0.05, 0) is 35.9 Å².